The summed E-state index contributed by atoms with van der Waals surface area (Å²) in [5, 5.41) is 0. The van der Waals surface area contributed by atoms with Crippen LogP contribution in [0, 0.1) is 17.6 Å². The molecule has 1 saturated carbocycles. The lowest BCUT2D eigenvalue weighted by molar-refractivity contribution is 0.267. The molecule has 1 fully saturated rings. The van der Waals surface area contributed by atoms with Crippen LogP contribution in [0.2, 0.25) is 0 Å². The molecule has 0 atom stereocenters. The van der Waals surface area contributed by atoms with E-state index in [1.54, 1.807) is 0 Å². The van der Waals surface area contributed by atoms with E-state index in [9.17, 15) is 8.78 Å². The van der Waals surface area contributed by atoms with Gasteiger partial charge in [0.2, 0.25) is 5.95 Å². The van der Waals surface area contributed by atoms with Crippen LogP contribution in [0.4, 0.5) is 14.7 Å². The van der Waals surface area contributed by atoms with Gasteiger partial charge < -0.3 is 10.3 Å². The van der Waals surface area contributed by atoms with Crippen molar-refractivity contribution in [1.29, 1.82) is 0 Å². The number of nitrogens with zero attached hydrogens (tertiary/aromatic N) is 2. The van der Waals surface area contributed by atoms with Crippen molar-refractivity contribution in [2.45, 2.75) is 51.5 Å². The van der Waals surface area contributed by atoms with Gasteiger partial charge in [-0.1, -0.05) is 19.8 Å². The monoisotopic (exact) mass is 293 g/mol. The fraction of sp³-hybridized carbons (Fsp3) is 0.562. The second-order valence-electron chi connectivity index (χ2n) is 6.06. The van der Waals surface area contributed by atoms with E-state index in [1.165, 1.54) is 18.9 Å². The molecule has 1 aliphatic carbocycles. The van der Waals surface area contributed by atoms with Crippen LogP contribution >= 0.6 is 0 Å². The third-order valence-corrected chi connectivity index (χ3v) is 4.62. The Bertz CT molecular complexity index is 642. The maximum absolute atomic E-state index is 13.8. The van der Waals surface area contributed by atoms with Gasteiger partial charge in [0.25, 0.3) is 0 Å². The van der Waals surface area contributed by atoms with E-state index in [4.69, 9.17) is 5.73 Å². The van der Waals surface area contributed by atoms with Gasteiger partial charge >= 0.3 is 0 Å². The number of aromatic nitrogens is 2. The topological polar surface area (TPSA) is 43.8 Å². The third-order valence-electron chi connectivity index (χ3n) is 4.62. The number of rotatable bonds is 3. The van der Waals surface area contributed by atoms with Crippen molar-refractivity contribution in [3.8, 4) is 0 Å². The highest BCUT2D eigenvalue weighted by Crippen LogP contribution is 2.37. The molecule has 1 aliphatic rings. The van der Waals surface area contributed by atoms with Crippen LogP contribution in [-0.2, 0) is 0 Å². The molecule has 0 bridgehead atoms. The molecule has 1 aromatic heterocycles. The summed E-state index contributed by atoms with van der Waals surface area (Å²) in [5.74, 6) is -0.167. The number of imidazole rings is 1. The zero-order chi connectivity index (χ0) is 15.0. The lowest BCUT2D eigenvalue weighted by Gasteiger charge is -2.30. The molecule has 0 saturated heterocycles. The van der Waals surface area contributed by atoms with Gasteiger partial charge in [0.1, 0.15) is 11.3 Å². The molecule has 0 radical (unpaired) electrons. The Kier molecular flexibility index (Phi) is 3.83. The second kappa shape index (κ2) is 5.62. The first-order valence-electron chi connectivity index (χ1n) is 7.72. The fourth-order valence-corrected chi connectivity index (χ4v) is 3.62. The van der Waals surface area contributed by atoms with Gasteiger partial charge in [0.15, 0.2) is 5.82 Å². The zero-order valence-corrected chi connectivity index (χ0v) is 12.3. The van der Waals surface area contributed by atoms with Crippen LogP contribution in [0.1, 0.15) is 51.5 Å². The Hall–Kier alpha value is -1.65. The van der Waals surface area contributed by atoms with E-state index in [2.05, 4.69) is 11.9 Å². The van der Waals surface area contributed by atoms with Crippen molar-refractivity contribution in [3.05, 3.63) is 23.8 Å². The van der Waals surface area contributed by atoms with E-state index < -0.39 is 11.6 Å². The van der Waals surface area contributed by atoms with Crippen LogP contribution in [0.5, 0.6) is 0 Å². The third kappa shape index (κ3) is 2.61. The van der Waals surface area contributed by atoms with Gasteiger partial charge in [0, 0.05) is 18.2 Å². The standard InChI is InChI=1S/C16H21F2N3/c1-2-3-10-4-6-12(7-5-10)21-14-9-11(17)8-13(18)15(14)20-16(21)19/h8-10,12H,2-7H2,1H3,(H2,19,20). The minimum Gasteiger partial charge on any atom is -0.369 e. The molecule has 21 heavy (non-hydrogen) atoms. The molecule has 0 unspecified atom stereocenters. The highest BCUT2D eigenvalue weighted by atomic mass is 19.1. The zero-order valence-electron chi connectivity index (χ0n) is 12.3. The Labute approximate surface area is 123 Å². The number of hydrogen-bond donors (Lipinski definition) is 1. The average Bonchev–Trinajstić information content (AvgIpc) is 2.77. The highest BCUT2D eigenvalue weighted by Gasteiger charge is 2.25. The maximum Gasteiger partial charge on any atom is 0.201 e. The minimum atomic E-state index is -0.643. The molecule has 3 nitrogen and oxygen atoms in total. The smallest absolute Gasteiger partial charge is 0.201 e. The number of benzene rings is 1. The number of nitrogen functional groups attached to an aromatic ring is 1. The first-order chi connectivity index (χ1) is 10.1. The van der Waals surface area contributed by atoms with Crippen molar-refractivity contribution in [1.82, 2.24) is 9.55 Å². The van der Waals surface area contributed by atoms with Crippen LogP contribution in [0.3, 0.4) is 0 Å². The summed E-state index contributed by atoms with van der Waals surface area (Å²) in [6.45, 7) is 2.21. The summed E-state index contributed by atoms with van der Waals surface area (Å²) in [6, 6.07) is 2.39. The molecular weight excluding hydrogens is 272 g/mol. The molecule has 1 aromatic carbocycles. The van der Waals surface area contributed by atoms with Crippen LogP contribution < -0.4 is 5.73 Å². The van der Waals surface area contributed by atoms with Gasteiger partial charge in [-0.25, -0.2) is 13.8 Å². The van der Waals surface area contributed by atoms with E-state index in [1.807, 2.05) is 4.57 Å². The molecular formula is C16H21F2N3. The van der Waals surface area contributed by atoms with Crippen molar-refractivity contribution < 1.29 is 8.78 Å². The minimum absolute atomic E-state index is 0.171. The summed E-state index contributed by atoms with van der Waals surface area (Å²) in [7, 11) is 0. The molecule has 2 N–H and O–H groups in total. The van der Waals surface area contributed by atoms with E-state index in [-0.39, 0.29) is 17.5 Å². The molecule has 5 heteroatoms. The second-order valence-corrected chi connectivity index (χ2v) is 6.06. The summed E-state index contributed by atoms with van der Waals surface area (Å²) >= 11 is 0. The van der Waals surface area contributed by atoms with Gasteiger partial charge in [0.05, 0.1) is 5.52 Å². The molecule has 2 aromatic rings. The normalized spacial score (nSPS) is 22.8. The van der Waals surface area contributed by atoms with Crippen LogP contribution in [0.15, 0.2) is 12.1 Å². The Morgan fingerprint density at radius 3 is 2.62 bits per heavy atom. The fourth-order valence-electron chi connectivity index (χ4n) is 3.62. The number of hydrogen-bond acceptors (Lipinski definition) is 2. The van der Waals surface area contributed by atoms with Crippen LogP contribution in [0.25, 0.3) is 11.0 Å². The molecule has 0 amide bonds. The Balaban J connectivity index is 1.92. The number of fused-ring (bicyclic) bond motifs is 1. The lowest BCUT2D eigenvalue weighted by Crippen LogP contribution is -2.19. The predicted octanol–water partition coefficient (Wildman–Crippen LogP) is 4.43. The summed E-state index contributed by atoms with van der Waals surface area (Å²) < 4.78 is 29.1. The van der Waals surface area contributed by atoms with Crippen LogP contribution in [-0.4, -0.2) is 9.55 Å². The molecule has 114 valence electrons. The van der Waals surface area contributed by atoms with Crippen molar-refractivity contribution in [2.75, 3.05) is 5.73 Å². The SMILES string of the molecule is CCCC1CCC(n2c(N)nc3c(F)cc(F)cc32)CC1. The van der Waals surface area contributed by atoms with Gasteiger partial charge in [-0.3, -0.25) is 0 Å². The molecule has 0 spiro atoms. The molecule has 3 rings (SSSR count). The first-order valence-corrected chi connectivity index (χ1v) is 7.72. The summed E-state index contributed by atoms with van der Waals surface area (Å²) in [6.07, 6.45) is 6.76. The molecule has 1 heterocycles. The van der Waals surface area contributed by atoms with E-state index in [0.29, 0.717) is 5.52 Å². The van der Waals surface area contributed by atoms with Crippen molar-refractivity contribution in [2.24, 2.45) is 5.92 Å². The van der Waals surface area contributed by atoms with E-state index in [0.717, 1.165) is 37.7 Å². The lowest BCUT2D eigenvalue weighted by atomic mass is 9.83. The van der Waals surface area contributed by atoms with E-state index >= 15 is 0 Å². The number of nitrogens with two attached hydrogens (primary N) is 1. The highest BCUT2D eigenvalue weighted by molar-refractivity contribution is 5.79. The Morgan fingerprint density at radius 1 is 1.24 bits per heavy atom. The number of anilines is 1. The Morgan fingerprint density at radius 2 is 1.95 bits per heavy atom. The maximum atomic E-state index is 13.8. The predicted molar refractivity (Wildman–Crippen MR) is 80.0 cm³/mol. The van der Waals surface area contributed by atoms with Gasteiger partial charge in [-0.2, -0.15) is 0 Å². The molecule has 0 aliphatic heterocycles. The van der Waals surface area contributed by atoms with Gasteiger partial charge in [-0.15, -0.1) is 0 Å². The average molecular weight is 293 g/mol. The summed E-state index contributed by atoms with van der Waals surface area (Å²) in [4.78, 5) is 4.08. The quantitative estimate of drug-likeness (QED) is 0.910. The first kappa shape index (κ1) is 14.3. The largest absolute Gasteiger partial charge is 0.369 e. The summed E-state index contributed by atoms with van der Waals surface area (Å²) in [5.41, 5.74) is 6.61. The van der Waals surface area contributed by atoms with Gasteiger partial charge in [-0.05, 0) is 31.6 Å². The van der Waals surface area contributed by atoms with Crippen molar-refractivity contribution >= 4 is 17.0 Å². The number of halogens is 2. The van der Waals surface area contributed by atoms with Crippen molar-refractivity contribution in [3.63, 3.8) is 0 Å².